The molecule has 3 heterocycles. The van der Waals surface area contributed by atoms with E-state index in [4.69, 9.17) is 11.6 Å². The molecule has 8 nitrogen and oxygen atoms in total. The molecule has 3 rings (SSSR count). The zero-order valence-corrected chi connectivity index (χ0v) is 13.9. The zero-order chi connectivity index (χ0) is 16.8. The Balaban J connectivity index is 1.97. The van der Waals surface area contributed by atoms with Gasteiger partial charge in [-0.25, -0.2) is 9.97 Å². The van der Waals surface area contributed by atoms with E-state index in [-0.39, 0.29) is 22.2 Å². The molecule has 0 amide bonds. The maximum absolute atomic E-state index is 11.3. The molecule has 0 unspecified atom stereocenters. The van der Waals surface area contributed by atoms with Gasteiger partial charge >= 0.3 is 5.69 Å². The number of halogens is 1. The van der Waals surface area contributed by atoms with Crippen molar-refractivity contribution in [2.45, 2.75) is 39.3 Å². The maximum atomic E-state index is 11.3. The molecule has 0 aliphatic carbocycles. The lowest BCUT2D eigenvalue weighted by atomic mass is 10.0. The van der Waals surface area contributed by atoms with Crippen molar-refractivity contribution in [3.05, 3.63) is 39.0 Å². The third kappa shape index (κ3) is 2.74. The lowest BCUT2D eigenvalue weighted by Gasteiger charge is -2.30. The molecule has 9 heteroatoms. The predicted octanol–water partition coefficient (Wildman–Crippen LogP) is 2.55. The Labute approximate surface area is 138 Å². The number of nitro groups is 1. The molecule has 0 spiro atoms. The molecule has 0 atom stereocenters. The summed E-state index contributed by atoms with van der Waals surface area (Å²) in [5, 5.41) is 15.6. The summed E-state index contributed by atoms with van der Waals surface area (Å²) in [6.07, 6.45) is 3.81. The van der Waals surface area contributed by atoms with Gasteiger partial charge in [-0.05, 0) is 20.8 Å². The highest BCUT2D eigenvalue weighted by atomic mass is 35.5. The van der Waals surface area contributed by atoms with Crippen LogP contribution in [0.25, 0.3) is 0 Å². The minimum absolute atomic E-state index is 0.0972. The van der Waals surface area contributed by atoms with E-state index >= 15 is 0 Å². The van der Waals surface area contributed by atoms with Gasteiger partial charge in [-0.2, -0.15) is 5.10 Å². The average molecular weight is 337 g/mol. The van der Waals surface area contributed by atoms with Gasteiger partial charge in [-0.15, -0.1) is 0 Å². The van der Waals surface area contributed by atoms with Crippen molar-refractivity contribution in [3.63, 3.8) is 0 Å². The lowest BCUT2D eigenvalue weighted by Crippen LogP contribution is -2.34. The first-order valence-corrected chi connectivity index (χ1v) is 7.63. The van der Waals surface area contributed by atoms with E-state index in [1.165, 1.54) is 6.33 Å². The van der Waals surface area contributed by atoms with Crippen LogP contribution in [0.5, 0.6) is 0 Å². The zero-order valence-electron chi connectivity index (χ0n) is 13.2. The number of anilines is 1. The number of rotatable bonds is 2. The van der Waals surface area contributed by atoms with Gasteiger partial charge in [-0.1, -0.05) is 11.6 Å². The largest absolute Gasteiger partial charge is 0.348 e. The first kappa shape index (κ1) is 15.7. The fourth-order valence-electron chi connectivity index (χ4n) is 2.83. The van der Waals surface area contributed by atoms with Crippen molar-refractivity contribution < 1.29 is 4.92 Å². The number of fused-ring (bicyclic) bond motifs is 1. The highest BCUT2D eigenvalue weighted by Crippen LogP contribution is 2.34. The minimum atomic E-state index is -0.536. The Kier molecular flexibility index (Phi) is 3.71. The van der Waals surface area contributed by atoms with E-state index in [0.29, 0.717) is 13.1 Å². The molecule has 0 radical (unpaired) electrons. The Bertz CT molecular complexity index is 767. The molecule has 0 N–H and O–H groups in total. The number of aromatic nitrogens is 4. The molecule has 2 aromatic heterocycles. The summed E-state index contributed by atoms with van der Waals surface area (Å²) in [5.74, 6) is 0.254. The number of nitrogens with zero attached hydrogens (tertiary/aromatic N) is 6. The minimum Gasteiger partial charge on any atom is -0.346 e. The van der Waals surface area contributed by atoms with Gasteiger partial charge in [0.15, 0.2) is 0 Å². The van der Waals surface area contributed by atoms with Gasteiger partial charge in [0.25, 0.3) is 0 Å². The average Bonchev–Trinajstić information content (AvgIpc) is 2.89. The van der Waals surface area contributed by atoms with Crippen LogP contribution in [-0.2, 0) is 18.5 Å². The maximum Gasteiger partial charge on any atom is 0.348 e. The van der Waals surface area contributed by atoms with Crippen LogP contribution in [0.4, 0.5) is 11.5 Å². The Morgan fingerprint density at radius 3 is 2.74 bits per heavy atom. The predicted molar refractivity (Wildman–Crippen MR) is 85.7 cm³/mol. The molecule has 1 aliphatic rings. The number of hydrogen-bond donors (Lipinski definition) is 0. The van der Waals surface area contributed by atoms with Gasteiger partial charge in [-0.3, -0.25) is 14.8 Å². The first-order valence-electron chi connectivity index (χ1n) is 7.25. The molecule has 23 heavy (non-hydrogen) atoms. The smallest absolute Gasteiger partial charge is 0.346 e. The van der Waals surface area contributed by atoms with Crippen molar-refractivity contribution in [2.24, 2.45) is 0 Å². The fourth-order valence-corrected chi connectivity index (χ4v) is 3.02. The van der Waals surface area contributed by atoms with Crippen LogP contribution in [0.3, 0.4) is 0 Å². The van der Waals surface area contributed by atoms with E-state index in [1.807, 2.05) is 15.8 Å². The summed E-state index contributed by atoms with van der Waals surface area (Å²) < 4.78 is 2.01. The van der Waals surface area contributed by atoms with Crippen LogP contribution in [0.2, 0.25) is 5.15 Å². The van der Waals surface area contributed by atoms with Crippen molar-refractivity contribution in [1.82, 2.24) is 19.7 Å². The SMILES string of the molecule is CC(C)(C)n1ncc2c1CCN(c1ncnc(Cl)c1[N+](=O)[O-])C2. The van der Waals surface area contributed by atoms with Crippen molar-refractivity contribution >= 4 is 23.1 Å². The van der Waals surface area contributed by atoms with Crippen LogP contribution in [0, 0.1) is 10.1 Å². The summed E-state index contributed by atoms with van der Waals surface area (Å²) in [4.78, 5) is 20.4. The first-order chi connectivity index (χ1) is 10.8. The summed E-state index contributed by atoms with van der Waals surface area (Å²) in [6, 6.07) is 0. The molecule has 0 aromatic carbocycles. The second kappa shape index (κ2) is 5.45. The van der Waals surface area contributed by atoms with E-state index in [9.17, 15) is 10.1 Å². The molecule has 0 saturated heterocycles. The lowest BCUT2D eigenvalue weighted by molar-refractivity contribution is -0.384. The fraction of sp³-hybridized carbons (Fsp3) is 0.500. The second-order valence-electron chi connectivity index (χ2n) is 6.46. The van der Waals surface area contributed by atoms with Gasteiger partial charge in [0.1, 0.15) is 6.33 Å². The molecule has 122 valence electrons. The van der Waals surface area contributed by atoms with Crippen LogP contribution in [-0.4, -0.2) is 31.2 Å². The standard InChI is InChI=1S/C14H17ClN6O2/c1-14(2,3)20-10-4-5-19(7-9(10)6-18-20)13-11(21(22)23)12(15)16-8-17-13/h6,8H,4-5,7H2,1-3H3. The van der Waals surface area contributed by atoms with Crippen LogP contribution >= 0.6 is 11.6 Å². The topological polar surface area (TPSA) is 90.0 Å². The summed E-state index contributed by atoms with van der Waals surface area (Å²) in [7, 11) is 0. The molecule has 0 saturated carbocycles. The summed E-state index contributed by atoms with van der Waals surface area (Å²) >= 11 is 5.87. The molecule has 2 aromatic rings. The molecule has 0 bridgehead atoms. The second-order valence-corrected chi connectivity index (χ2v) is 6.82. The van der Waals surface area contributed by atoms with Gasteiger partial charge < -0.3 is 4.90 Å². The third-order valence-corrected chi connectivity index (χ3v) is 4.09. The van der Waals surface area contributed by atoms with Crippen LogP contribution in [0.1, 0.15) is 32.0 Å². The number of hydrogen-bond acceptors (Lipinski definition) is 6. The van der Waals surface area contributed by atoms with E-state index in [0.717, 1.165) is 17.7 Å². The van der Waals surface area contributed by atoms with Gasteiger partial charge in [0, 0.05) is 30.8 Å². The third-order valence-electron chi connectivity index (χ3n) is 3.81. The Morgan fingerprint density at radius 1 is 1.35 bits per heavy atom. The molecular formula is C14H17ClN6O2. The normalized spacial score (nSPS) is 14.7. The molecule has 1 aliphatic heterocycles. The van der Waals surface area contributed by atoms with Gasteiger partial charge in [0.2, 0.25) is 11.0 Å². The highest BCUT2D eigenvalue weighted by molar-refractivity contribution is 6.31. The molecule has 0 fully saturated rings. The quantitative estimate of drug-likeness (QED) is 0.475. The van der Waals surface area contributed by atoms with Crippen LogP contribution < -0.4 is 4.90 Å². The van der Waals surface area contributed by atoms with Gasteiger partial charge in [0.05, 0.1) is 16.7 Å². The Hall–Kier alpha value is -2.22. The van der Waals surface area contributed by atoms with Crippen LogP contribution in [0.15, 0.2) is 12.5 Å². The van der Waals surface area contributed by atoms with E-state index < -0.39 is 4.92 Å². The highest BCUT2D eigenvalue weighted by Gasteiger charge is 2.31. The van der Waals surface area contributed by atoms with Crippen molar-refractivity contribution in [1.29, 1.82) is 0 Å². The Morgan fingerprint density at radius 2 is 2.09 bits per heavy atom. The van der Waals surface area contributed by atoms with Crippen molar-refractivity contribution in [3.8, 4) is 0 Å². The van der Waals surface area contributed by atoms with E-state index in [2.05, 4.69) is 35.8 Å². The monoisotopic (exact) mass is 336 g/mol. The summed E-state index contributed by atoms with van der Waals surface area (Å²) in [5.41, 5.74) is 1.87. The summed E-state index contributed by atoms with van der Waals surface area (Å²) in [6.45, 7) is 7.42. The van der Waals surface area contributed by atoms with Crippen molar-refractivity contribution in [2.75, 3.05) is 11.4 Å². The molecular weight excluding hydrogens is 320 g/mol. The van der Waals surface area contributed by atoms with E-state index in [1.54, 1.807) is 0 Å².